The van der Waals surface area contributed by atoms with Crippen LogP contribution in [0.4, 0.5) is 11.4 Å². The van der Waals surface area contributed by atoms with Crippen molar-refractivity contribution in [3.05, 3.63) is 78.1 Å². The van der Waals surface area contributed by atoms with Gasteiger partial charge in [0.25, 0.3) is 11.8 Å². The summed E-state index contributed by atoms with van der Waals surface area (Å²) in [4.78, 5) is 29.7. The summed E-state index contributed by atoms with van der Waals surface area (Å²) >= 11 is 2.02. The summed E-state index contributed by atoms with van der Waals surface area (Å²) < 4.78 is 20.7. The molecule has 7 nitrogen and oxygen atoms in total. The van der Waals surface area contributed by atoms with E-state index in [4.69, 9.17) is 0 Å². The molecular weight excluding hydrogens is 398 g/mol. The highest BCUT2D eigenvalue weighted by Gasteiger charge is 2.15. The van der Waals surface area contributed by atoms with E-state index in [1.54, 1.807) is 36.4 Å². The molecule has 3 N–H and O–H groups in total. The van der Waals surface area contributed by atoms with Crippen LogP contribution >= 0.6 is 12.6 Å². The standard InChI is InChI=1S/C19H15N3O4S2/c23-18(21-12-6-1-3-10-16(12)27)14-8-5-9-15(20-14)19(24)22-13-7-2-4-11-17(13)28(25)26/h1-11,27H,(H,21,23)(H,22,24)(H,25,26). The molecule has 2 aromatic carbocycles. The van der Waals surface area contributed by atoms with Crippen molar-refractivity contribution in [1.82, 2.24) is 4.98 Å². The summed E-state index contributed by atoms with van der Waals surface area (Å²) in [5.74, 6) is -1.10. The summed E-state index contributed by atoms with van der Waals surface area (Å²) in [5.41, 5.74) is 0.745. The number of benzene rings is 2. The van der Waals surface area contributed by atoms with Crippen molar-refractivity contribution < 1.29 is 18.4 Å². The predicted molar refractivity (Wildman–Crippen MR) is 109 cm³/mol. The summed E-state index contributed by atoms with van der Waals surface area (Å²) in [7, 11) is 0. The maximum absolute atomic E-state index is 12.5. The van der Waals surface area contributed by atoms with E-state index >= 15 is 0 Å². The monoisotopic (exact) mass is 413 g/mol. The molecule has 0 aliphatic heterocycles. The third kappa shape index (κ3) is 4.63. The van der Waals surface area contributed by atoms with Gasteiger partial charge in [-0.1, -0.05) is 30.3 Å². The van der Waals surface area contributed by atoms with Gasteiger partial charge in [-0.25, -0.2) is 9.19 Å². The molecule has 1 atom stereocenters. The lowest BCUT2D eigenvalue weighted by Crippen LogP contribution is -2.19. The van der Waals surface area contributed by atoms with Gasteiger partial charge in [-0.15, -0.1) is 12.6 Å². The average Bonchev–Trinajstić information content (AvgIpc) is 2.70. The lowest BCUT2D eigenvalue weighted by atomic mass is 10.2. The number of hydrogen-bond acceptors (Lipinski definition) is 5. The number of hydrogen-bond donors (Lipinski definition) is 4. The highest BCUT2D eigenvalue weighted by Crippen LogP contribution is 2.20. The zero-order valence-electron chi connectivity index (χ0n) is 14.3. The fraction of sp³-hybridized carbons (Fsp3) is 0. The second-order valence-corrected chi connectivity index (χ2v) is 7.00. The highest BCUT2D eigenvalue weighted by molar-refractivity contribution is 7.80. The topological polar surface area (TPSA) is 108 Å². The van der Waals surface area contributed by atoms with Crippen molar-refractivity contribution in [3.63, 3.8) is 0 Å². The Labute approximate surface area is 168 Å². The Hall–Kier alpha value is -3.01. The average molecular weight is 413 g/mol. The Kier molecular flexibility index (Phi) is 6.19. The van der Waals surface area contributed by atoms with Crippen molar-refractivity contribution in [2.24, 2.45) is 0 Å². The number of nitrogens with zero attached hydrogens (tertiary/aromatic N) is 1. The van der Waals surface area contributed by atoms with Crippen LogP contribution in [0.2, 0.25) is 0 Å². The van der Waals surface area contributed by atoms with Crippen LogP contribution in [0.25, 0.3) is 0 Å². The fourth-order valence-electron chi connectivity index (χ4n) is 2.36. The summed E-state index contributed by atoms with van der Waals surface area (Å²) in [6.07, 6.45) is 0. The van der Waals surface area contributed by atoms with Gasteiger partial charge in [0.15, 0.2) is 11.1 Å². The van der Waals surface area contributed by atoms with E-state index in [2.05, 4.69) is 28.2 Å². The first-order chi connectivity index (χ1) is 13.5. The normalized spacial score (nSPS) is 11.5. The Balaban J connectivity index is 1.79. The molecule has 142 valence electrons. The number of carbonyl (C=O) groups is 2. The van der Waals surface area contributed by atoms with E-state index in [0.717, 1.165) is 0 Å². The van der Waals surface area contributed by atoms with Gasteiger partial charge in [-0.3, -0.25) is 9.59 Å². The van der Waals surface area contributed by atoms with Crippen molar-refractivity contribution in [3.8, 4) is 0 Å². The molecule has 0 saturated carbocycles. The Morgan fingerprint density at radius 2 is 1.36 bits per heavy atom. The number of anilines is 2. The highest BCUT2D eigenvalue weighted by atomic mass is 32.2. The second-order valence-electron chi connectivity index (χ2n) is 5.58. The van der Waals surface area contributed by atoms with Crippen molar-refractivity contribution in [1.29, 1.82) is 0 Å². The zero-order chi connectivity index (χ0) is 20.1. The number of nitrogens with one attached hydrogen (secondary N) is 2. The lowest BCUT2D eigenvalue weighted by molar-refractivity contribution is 0.101. The number of amides is 2. The van der Waals surface area contributed by atoms with Crippen LogP contribution in [0.5, 0.6) is 0 Å². The predicted octanol–water partition coefficient (Wildman–Crippen LogP) is 3.46. The molecule has 0 radical (unpaired) electrons. The molecule has 0 saturated heterocycles. The van der Waals surface area contributed by atoms with E-state index in [1.807, 2.05) is 0 Å². The number of rotatable bonds is 5. The van der Waals surface area contributed by atoms with E-state index in [0.29, 0.717) is 10.6 Å². The maximum atomic E-state index is 12.5. The SMILES string of the molecule is O=C(Nc1ccccc1S)c1cccc(C(=O)Nc2ccccc2S(=O)O)n1. The first-order valence-corrected chi connectivity index (χ1v) is 9.59. The van der Waals surface area contributed by atoms with Crippen molar-refractivity contribution in [2.45, 2.75) is 9.79 Å². The Morgan fingerprint density at radius 3 is 1.96 bits per heavy atom. The largest absolute Gasteiger partial charge is 0.320 e. The number of thiol groups is 1. The molecule has 0 aliphatic rings. The van der Waals surface area contributed by atoms with Crippen LogP contribution in [-0.2, 0) is 11.1 Å². The van der Waals surface area contributed by atoms with Gasteiger partial charge >= 0.3 is 0 Å². The summed E-state index contributed by atoms with van der Waals surface area (Å²) in [6, 6.07) is 17.6. The molecule has 0 fully saturated rings. The number of aromatic nitrogens is 1. The van der Waals surface area contributed by atoms with Crippen LogP contribution in [0.3, 0.4) is 0 Å². The van der Waals surface area contributed by atoms with Crippen LogP contribution in [0, 0.1) is 0 Å². The van der Waals surface area contributed by atoms with E-state index < -0.39 is 22.9 Å². The van der Waals surface area contributed by atoms with Crippen LogP contribution in [0.15, 0.2) is 76.5 Å². The molecule has 0 spiro atoms. The minimum atomic E-state index is -2.26. The van der Waals surface area contributed by atoms with Gasteiger partial charge in [0.1, 0.15) is 11.4 Å². The molecular formula is C19H15N3O4S2. The van der Waals surface area contributed by atoms with Gasteiger partial charge in [0.2, 0.25) is 0 Å². The smallest absolute Gasteiger partial charge is 0.274 e. The van der Waals surface area contributed by atoms with Crippen molar-refractivity contribution in [2.75, 3.05) is 10.6 Å². The number of carbonyl (C=O) groups excluding carboxylic acids is 2. The molecule has 2 amide bonds. The van der Waals surface area contributed by atoms with Crippen LogP contribution in [0.1, 0.15) is 21.0 Å². The zero-order valence-corrected chi connectivity index (χ0v) is 16.0. The Bertz CT molecular complexity index is 1070. The van der Waals surface area contributed by atoms with Gasteiger partial charge < -0.3 is 15.2 Å². The van der Waals surface area contributed by atoms with Crippen LogP contribution < -0.4 is 10.6 Å². The first-order valence-electron chi connectivity index (χ1n) is 8.03. The third-order valence-electron chi connectivity index (χ3n) is 3.69. The van der Waals surface area contributed by atoms with E-state index in [9.17, 15) is 18.4 Å². The van der Waals surface area contributed by atoms with Gasteiger partial charge in [0.05, 0.1) is 16.3 Å². The quantitative estimate of drug-likeness (QED) is 0.378. The second kappa shape index (κ2) is 8.79. The Morgan fingerprint density at radius 1 is 0.821 bits per heavy atom. The molecule has 1 unspecified atom stereocenters. The first kappa shape index (κ1) is 19.7. The lowest BCUT2D eigenvalue weighted by Gasteiger charge is -2.10. The number of pyridine rings is 1. The molecule has 9 heteroatoms. The minimum absolute atomic E-state index is 0.00895. The summed E-state index contributed by atoms with van der Waals surface area (Å²) in [6.45, 7) is 0. The molecule has 0 bridgehead atoms. The van der Waals surface area contributed by atoms with E-state index in [1.165, 1.54) is 30.3 Å². The van der Waals surface area contributed by atoms with E-state index in [-0.39, 0.29) is 22.0 Å². The molecule has 28 heavy (non-hydrogen) atoms. The molecule has 3 rings (SSSR count). The maximum Gasteiger partial charge on any atom is 0.274 e. The van der Waals surface area contributed by atoms with Gasteiger partial charge in [0, 0.05) is 4.90 Å². The van der Waals surface area contributed by atoms with Gasteiger partial charge in [-0.2, -0.15) is 0 Å². The number of para-hydroxylation sites is 2. The van der Waals surface area contributed by atoms with Gasteiger partial charge in [-0.05, 0) is 36.4 Å². The molecule has 1 aromatic heterocycles. The molecule has 3 aromatic rings. The molecule has 1 heterocycles. The summed E-state index contributed by atoms with van der Waals surface area (Å²) in [5, 5.41) is 5.22. The van der Waals surface area contributed by atoms with Crippen molar-refractivity contribution >= 4 is 46.9 Å². The fourth-order valence-corrected chi connectivity index (χ4v) is 3.08. The van der Waals surface area contributed by atoms with Crippen LogP contribution in [-0.4, -0.2) is 25.6 Å². The minimum Gasteiger partial charge on any atom is -0.320 e. The molecule has 0 aliphatic carbocycles. The third-order valence-corrected chi connectivity index (χ3v) is 4.81.